The van der Waals surface area contributed by atoms with Crippen molar-refractivity contribution in [3.8, 4) is 6.07 Å². The molecule has 0 atom stereocenters. The van der Waals surface area contributed by atoms with Crippen LogP contribution in [-0.4, -0.2) is 21.1 Å². The average molecular weight is 327 g/mol. The Morgan fingerprint density at radius 1 is 1.30 bits per heavy atom. The maximum Gasteiger partial charge on any atom is 0.174 e. The molecule has 5 heteroatoms. The molecule has 0 radical (unpaired) electrons. The number of nitrogens with zero attached hydrogens (tertiary/aromatic N) is 3. The number of Topliss-reactive ketones (excluding diaryl/α,β-unsaturated/α-hetero) is 1. The molecule has 0 amide bonds. The second-order valence-corrected chi connectivity index (χ2v) is 6.58. The third-order valence-corrected chi connectivity index (χ3v) is 4.93. The topological polar surface area (TPSA) is 58.7 Å². The van der Waals surface area contributed by atoms with E-state index in [2.05, 4.69) is 22.5 Å². The molecule has 0 aliphatic heterocycles. The highest BCUT2D eigenvalue weighted by atomic mass is 32.2. The molecule has 120 valence electrons. The van der Waals surface area contributed by atoms with Gasteiger partial charge in [0.1, 0.15) is 11.1 Å². The predicted octanol–water partition coefficient (Wildman–Crippen LogP) is 3.98. The Labute approximate surface area is 141 Å². The van der Waals surface area contributed by atoms with E-state index in [1.54, 1.807) is 0 Å². The van der Waals surface area contributed by atoms with Gasteiger partial charge in [-0.3, -0.25) is 4.79 Å². The Kier molecular flexibility index (Phi) is 5.27. The highest BCUT2D eigenvalue weighted by molar-refractivity contribution is 8.00. The summed E-state index contributed by atoms with van der Waals surface area (Å²) in [6, 6.07) is 6.02. The van der Waals surface area contributed by atoms with E-state index in [-0.39, 0.29) is 5.78 Å². The minimum absolute atomic E-state index is 0.0765. The van der Waals surface area contributed by atoms with Crippen LogP contribution in [0.5, 0.6) is 0 Å². The third-order valence-electron chi connectivity index (χ3n) is 3.95. The summed E-state index contributed by atoms with van der Waals surface area (Å²) in [5, 5.41) is 9.94. The van der Waals surface area contributed by atoms with Gasteiger partial charge in [0.2, 0.25) is 0 Å². The van der Waals surface area contributed by atoms with Gasteiger partial charge in [0.05, 0.1) is 11.3 Å². The lowest BCUT2D eigenvalue weighted by atomic mass is 10.1. The van der Waals surface area contributed by atoms with Crippen molar-refractivity contribution in [1.29, 1.82) is 5.26 Å². The van der Waals surface area contributed by atoms with Gasteiger partial charge in [0.15, 0.2) is 5.78 Å². The Morgan fingerprint density at radius 2 is 2.00 bits per heavy atom. The summed E-state index contributed by atoms with van der Waals surface area (Å²) in [6.07, 6.45) is 0. The molecule has 2 aromatic rings. The molecular formula is C18H21N3OS. The zero-order valence-corrected chi connectivity index (χ0v) is 15.0. The minimum Gasteiger partial charge on any atom is -0.349 e. The maximum absolute atomic E-state index is 12.5. The van der Waals surface area contributed by atoms with Crippen LogP contribution >= 0.6 is 11.8 Å². The van der Waals surface area contributed by atoms with Crippen LogP contribution in [0.3, 0.4) is 0 Å². The average Bonchev–Trinajstić information content (AvgIpc) is 2.78. The van der Waals surface area contributed by atoms with Crippen molar-refractivity contribution in [3.05, 3.63) is 45.9 Å². The number of pyridine rings is 1. The summed E-state index contributed by atoms with van der Waals surface area (Å²) in [5.41, 5.74) is 5.19. The van der Waals surface area contributed by atoms with E-state index in [0.29, 0.717) is 16.3 Å². The second kappa shape index (κ2) is 7.01. The number of ketones is 1. The van der Waals surface area contributed by atoms with E-state index in [1.807, 2.05) is 39.8 Å². The zero-order chi connectivity index (χ0) is 17.1. The minimum atomic E-state index is 0.0765. The molecule has 0 fully saturated rings. The smallest absolute Gasteiger partial charge is 0.174 e. The van der Waals surface area contributed by atoms with Gasteiger partial charge >= 0.3 is 0 Å². The first kappa shape index (κ1) is 17.3. The van der Waals surface area contributed by atoms with E-state index in [4.69, 9.17) is 0 Å². The van der Waals surface area contributed by atoms with Crippen LogP contribution in [0.4, 0.5) is 0 Å². The molecule has 2 aromatic heterocycles. The lowest BCUT2D eigenvalue weighted by molar-refractivity contribution is 0.102. The number of aryl methyl sites for hydroxylation is 3. The molecule has 0 N–H and O–H groups in total. The molecule has 2 rings (SSSR count). The highest BCUT2D eigenvalue weighted by Crippen LogP contribution is 2.25. The molecule has 0 saturated heterocycles. The number of thioether (sulfide) groups is 1. The van der Waals surface area contributed by atoms with Crippen molar-refractivity contribution in [1.82, 2.24) is 9.55 Å². The van der Waals surface area contributed by atoms with Gasteiger partial charge in [-0.2, -0.15) is 5.26 Å². The first-order valence-electron chi connectivity index (χ1n) is 7.60. The molecular weight excluding hydrogens is 306 g/mol. The monoisotopic (exact) mass is 327 g/mol. The molecule has 0 unspecified atom stereocenters. The van der Waals surface area contributed by atoms with Gasteiger partial charge in [0.25, 0.3) is 0 Å². The number of hydrogen-bond acceptors (Lipinski definition) is 4. The number of nitriles is 1. The molecule has 0 spiro atoms. The molecule has 0 aromatic carbocycles. The Morgan fingerprint density at radius 3 is 2.57 bits per heavy atom. The van der Waals surface area contributed by atoms with Crippen LogP contribution in [0.25, 0.3) is 0 Å². The van der Waals surface area contributed by atoms with Crippen LogP contribution in [-0.2, 0) is 6.54 Å². The first-order chi connectivity index (χ1) is 10.9. The van der Waals surface area contributed by atoms with Gasteiger partial charge in [0, 0.05) is 29.2 Å². The molecule has 0 bridgehead atoms. The van der Waals surface area contributed by atoms with Gasteiger partial charge in [-0.1, -0.05) is 11.8 Å². The Bertz CT molecular complexity index is 800. The molecule has 4 nitrogen and oxygen atoms in total. The van der Waals surface area contributed by atoms with Gasteiger partial charge < -0.3 is 4.57 Å². The Hall–Kier alpha value is -2.06. The lowest BCUT2D eigenvalue weighted by Gasteiger charge is -2.08. The summed E-state index contributed by atoms with van der Waals surface area (Å²) >= 11 is 1.34. The van der Waals surface area contributed by atoms with Crippen molar-refractivity contribution >= 4 is 17.5 Å². The first-order valence-corrected chi connectivity index (χ1v) is 8.58. The molecule has 2 heterocycles. The van der Waals surface area contributed by atoms with Crippen LogP contribution in [0.15, 0.2) is 17.2 Å². The van der Waals surface area contributed by atoms with Crippen LogP contribution in [0.2, 0.25) is 0 Å². The summed E-state index contributed by atoms with van der Waals surface area (Å²) < 4.78 is 2.13. The van der Waals surface area contributed by atoms with Crippen LogP contribution in [0, 0.1) is 39.0 Å². The zero-order valence-electron chi connectivity index (χ0n) is 14.2. The normalized spacial score (nSPS) is 10.6. The highest BCUT2D eigenvalue weighted by Gasteiger charge is 2.17. The van der Waals surface area contributed by atoms with Crippen molar-refractivity contribution in [2.75, 3.05) is 5.75 Å². The lowest BCUT2D eigenvalue weighted by Crippen LogP contribution is -2.06. The molecule has 23 heavy (non-hydrogen) atoms. The SMILES string of the molecule is CCn1c(C)cc(C(=O)CSc2nc(C)cc(C)c2C#N)c1C. The number of carbonyl (C=O) groups is 1. The van der Waals surface area contributed by atoms with Crippen molar-refractivity contribution in [2.24, 2.45) is 0 Å². The van der Waals surface area contributed by atoms with Gasteiger partial charge in [-0.25, -0.2) is 4.98 Å². The summed E-state index contributed by atoms with van der Waals surface area (Å²) in [4.78, 5) is 17.0. The largest absolute Gasteiger partial charge is 0.349 e. The number of aromatic nitrogens is 2. The van der Waals surface area contributed by atoms with E-state index in [1.165, 1.54) is 11.8 Å². The second-order valence-electron chi connectivity index (χ2n) is 5.61. The number of rotatable bonds is 5. The van der Waals surface area contributed by atoms with Gasteiger partial charge in [-0.15, -0.1) is 0 Å². The molecule has 0 saturated carbocycles. The fourth-order valence-electron chi connectivity index (χ4n) is 2.82. The van der Waals surface area contributed by atoms with E-state index < -0.39 is 0 Å². The van der Waals surface area contributed by atoms with Crippen molar-refractivity contribution in [2.45, 2.75) is 46.2 Å². The fourth-order valence-corrected chi connectivity index (χ4v) is 3.81. The van der Waals surface area contributed by atoms with Crippen molar-refractivity contribution in [3.63, 3.8) is 0 Å². The Balaban J connectivity index is 2.22. The number of hydrogen-bond donors (Lipinski definition) is 0. The predicted molar refractivity (Wildman–Crippen MR) is 93.1 cm³/mol. The summed E-state index contributed by atoms with van der Waals surface area (Å²) in [6.45, 7) is 10.7. The fraction of sp³-hybridized carbons (Fsp3) is 0.389. The third kappa shape index (κ3) is 3.48. The van der Waals surface area contributed by atoms with Crippen LogP contribution in [0.1, 0.15) is 45.5 Å². The summed E-state index contributed by atoms with van der Waals surface area (Å²) in [7, 11) is 0. The standard InChI is InChI=1S/C18H21N3OS/c1-6-21-13(4)8-15(14(21)5)17(22)10-23-18-16(9-19)11(2)7-12(3)20-18/h7-8H,6,10H2,1-5H3. The quantitative estimate of drug-likeness (QED) is 0.615. The molecule has 0 aliphatic carbocycles. The van der Waals surface area contributed by atoms with Crippen molar-refractivity contribution < 1.29 is 4.79 Å². The van der Waals surface area contributed by atoms with Crippen LogP contribution < -0.4 is 0 Å². The maximum atomic E-state index is 12.5. The van der Waals surface area contributed by atoms with Gasteiger partial charge in [-0.05, 0) is 52.3 Å². The number of carbonyl (C=O) groups excluding carboxylic acids is 1. The van der Waals surface area contributed by atoms with E-state index in [9.17, 15) is 10.1 Å². The van der Waals surface area contributed by atoms with E-state index >= 15 is 0 Å². The summed E-state index contributed by atoms with van der Waals surface area (Å²) in [5.74, 6) is 0.367. The molecule has 0 aliphatic rings. The van der Waals surface area contributed by atoms with E-state index in [0.717, 1.165) is 34.8 Å².